The third-order valence-corrected chi connectivity index (χ3v) is 5.00. The minimum Gasteiger partial charge on any atom is -0.366 e. The standard InChI is InChI=1S/C24H27NO/c1-2-24(23-15-7-4-8-16-23,26-20-22-11-5-3-6-12-22)17-9-13-21-14-10-18-25-19-21/h3-8,10-12,14-16,18-19H,2,9,13,17,20H2,1H3. The molecule has 0 N–H and O–H groups in total. The number of aromatic nitrogens is 1. The molecule has 1 unspecified atom stereocenters. The van der Waals surface area contributed by atoms with Crippen molar-refractivity contribution in [3.63, 3.8) is 0 Å². The Morgan fingerprint density at radius 1 is 0.846 bits per heavy atom. The van der Waals surface area contributed by atoms with Gasteiger partial charge >= 0.3 is 0 Å². The maximum Gasteiger partial charge on any atom is 0.0933 e. The Bertz CT molecular complexity index is 758. The number of rotatable bonds is 9. The van der Waals surface area contributed by atoms with Gasteiger partial charge in [0.15, 0.2) is 0 Å². The molecule has 1 heterocycles. The first-order chi connectivity index (χ1) is 12.8. The summed E-state index contributed by atoms with van der Waals surface area (Å²) in [5.41, 5.74) is 3.52. The first-order valence-corrected chi connectivity index (χ1v) is 9.45. The van der Waals surface area contributed by atoms with Gasteiger partial charge in [0.25, 0.3) is 0 Å². The van der Waals surface area contributed by atoms with E-state index >= 15 is 0 Å². The van der Waals surface area contributed by atoms with Crippen LogP contribution in [0.3, 0.4) is 0 Å². The van der Waals surface area contributed by atoms with Crippen molar-refractivity contribution in [2.24, 2.45) is 0 Å². The number of benzene rings is 2. The van der Waals surface area contributed by atoms with Crippen molar-refractivity contribution in [1.29, 1.82) is 0 Å². The van der Waals surface area contributed by atoms with Crippen LogP contribution in [-0.4, -0.2) is 4.98 Å². The second-order valence-electron chi connectivity index (χ2n) is 6.70. The maximum atomic E-state index is 6.57. The van der Waals surface area contributed by atoms with Crippen LogP contribution >= 0.6 is 0 Å². The molecule has 134 valence electrons. The zero-order valence-electron chi connectivity index (χ0n) is 15.5. The van der Waals surface area contributed by atoms with Crippen LogP contribution in [0.4, 0.5) is 0 Å². The topological polar surface area (TPSA) is 22.1 Å². The Labute approximate surface area is 156 Å². The van der Waals surface area contributed by atoms with Crippen LogP contribution in [0.25, 0.3) is 0 Å². The molecule has 3 rings (SSSR count). The molecule has 0 amide bonds. The molecule has 0 spiro atoms. The second kappa shape index (κ2) is 9.30. The number of aryl methyl sites for hydroxylation is 1. The Morgan fingerprint density at radius 2 is 1.54 bits per heavy atom. The zero-order valence-corrected chi connectivity index (χ0v) is 15.5. The second-order valence-corrected chi connectivity index (χ2v) is 6.70. The normalized spacial score (nSPS) is 13.3. The summed E-state index contributed by atoms with van der Waals surface area (Å²) in [7, 11) is 0. The Morgan fingerprint density at radius 3 is 2.19 bits per heavy atom. The average Bonchev–Trinajstić information content (AvgIpc) is 2.73. The minimum atomic E-state index is -0.251. The fourth-order valence-electron chi connectivity index (χ4n) is 3.44. The summed E-state index contributed by atoms with van der Waals surface area (Å²) in [6.45, 7) is 2.86. The van der Waals surface area contributed by atoms with Crippen molar-refractivity contribution >= 4 is 0 Å². The molecule has 0 aliphatic rings. The lowest BCUT2D eigenvalue weighted by molar-refractivity contribution is -0.0724. The van der Waals surface area contributed by atoms with Crippen molar-refractivity contribution in [3.8, 4) is 0 Å². The Balaban J connectivity index is 1.73. The smallest absolute Gasteiger partial charge is 0.0933 e. The number of pyridine rings is 1. The van der Waals surface area contributed by atoms with Crippen LogP contribution in [0.15, 0.2) is 85.2 Å². The van der Waals surface area contributed by atoms with E-state index in [-0.39, 0.29) is 5.60 Å². The molecule has 0 bridgehead atoms. The molecule has 0 radical (unpaired) electrons. The fraction of sp³-hybridized carbons (Fsp3) is 0.292. The van der Waals surface area contributed by atoms with Crippen LogP contribution < -0.4 is 0 Å². The van der Waals surface area contributed by atoms with E-state index < -0.39 is 0 Å². The minimum absolute atomic E-state index is 0.251. The van der Waals surface area contributed by atoms with Crippen molar-refractivity contribution in [1.82, 2.24) is 4.98 Å². The lowest BCUT2D eigenvalue weighted by Crippen LogP contribution is -2.29. The van der Waals surface area contributed by atoms with Crippen LogP contribution in [-0.2, 0) is 23.4 Å². The third-order valence-electron chi connectivity index (χ3n) is 5.00. The molecule has 0 saturated heterocycles. The van der Waals surface area contributed by atoms with E-state index in [1.165, 1.54) is 16.7 Å². The van der Waals surface area contributed by atoms with Crippen molar-refractivity contribution in [3.05, 3.63) is 102 Å². The summed E-state index contributed by atoms with van der Waals surface area (Å²) in [5.74, 6) is 0. The zero-order chi connectivity index (χ0) is 18.1. The largest absolute Gasteiger partial charge is 0.366 e. The molecule has 2 aromatic carbocycles. The molecule has 3 aromatic rings. The fourth-order valence-corrected chi connectivity index (χ4v) is 3.44. The van der Waals surface area contributed by atoms with Gasteiger partial charge in [-0.2, -0.15) is 0 Å². The molecule has 0 aliphatic carbocycles. The molecule has 1 aromatic heterocycles. The SMILES string of the molecule is CCC(CCCc1cccnc1)(OCc1ccccc1)c1ccccc1. The monoisotopic (exact) mass is 345 g/mol. The molecular weight excluding hydrogens is 318 g/mol. The summed E-state index contributed by atoms with van der Waals surface area (Å²) in [4.78, 5) is 4.22. The van der Waals surface area contributed by atoms with Gasteiger partial charge in [0.2, 0.25) is 0 Å². The van der Waals surface area contributed by atoms with Gasteiger partial charge in [-0.05, 0) is 48.4 Å². The van der Waals surface area contributed by atoms with E-state index in [2.05, 4.69) is 72.6 Å². The number of nitrogens with zero attached hydrogens (tertiary/aromatic N) is 1. The van der Waals surface area contributed by atoms with Gasteiger partial charge in [0.05, 0.1) is 12.2 Å². The van der Waals surface area contributed by atoms with E-state index in [1.807, 2.05) is 24.5 Å². The molecule has 0 fully saturated rings. The van der Waals surface area contributed by atoms with Crippen LogP contribution in [0.5, 0.6) is 0 Å². The highest BCUT2D eigenvalue weighted by atomic mass is 16.5. The molecule has 2 nitrogen and oxygen atoms in total. The molecule has 0 saturated carbocycles. The van der Waals surface area contributed by atoms with Crippen LogP contribution in [0, 0.1) is 0 Å². The van der Waals surface area contributed by atoms with Gasteiger partial charge in [-0.25, -0.2) is 0 Å². The molecular formula is C24H27NO. The summed E-state index contributed by atoms with van der Waals surface area (Å²) in [5, 5.41) is 0. The molecule has 2 heteroatoms. The molecule has 26 heavy (non-hydrogen) atoms. The predicted octanol–water partition coefficient (Wildman–Crippen LogP) is 5.93. The highest BCUT2D eigenvalue weighted by Gasteiger charge is 2.30. The first-order valence-electron chi connectivity index (χ1n) is 9.45. The lowest BCUT2D eigenvalue weighted by Gasteiger charge is -2.34. The predicted molar refractivity (Wildman–Crippen MR) is 107 cm³/mol. The maximum absolute atomic E-state index is 6.57. The van der Waals surface area contributed by atoms with Crippen molar-refractivity contribution in [2.75, 3.05) is 0 Å². The summed E-state index contributed by atoms with van der Waals surface area (Å²) >= 11 is 0. The van der Waals surface area contributed by atoms with Gasteiger partial charge in [-0.3, -0.25) is 4.98 Å². The van der Waals surface area contributed by atoms with E-state index in [1.54, 1.807) is 0 Å². The first kappa shape index (κ1) is 18.3. The molecule has 0 aliphatic heterocycles. The highest BCUT2D eigenvalue weighted by Crippen LogP contribution is 2.35. The van der Waals surface area contributed by atoms with E-state index in [0.29, 0.717) is 6.61 Å². The van der Waals surface area contributed by atoms with Crippen LogP contribution in [0.2, 0.25) is 0 Å². The van der Waals surface area contributed by atoms with E-state index in [4.69, 9.17) is 4.74 Å². The Kier molecular flexibility index (Phi) is 6.56. The average molecular weight is 345 g/mol. The van der Waals surface area contributed by atoms with Gasteiger partial charge in [-0.15, -0.1) is 0 Å². The molecule has 1 atom stereocenters. The van der Waals surface area contributed by atoms with Crippen LogP contribution in [0.1, 0.15) is 42.9 Å². The van der Waals surface area contributed by atoms with Gasteiger partial charge in [0, 0.05) is 12.4 Å². The highest BCUT2D eigenvalue weighted by molar-refractivity contribution is 5.23. The summed E-state index contributed by atoms with van der Waals surface area (Å²) in [6, 6.07) is 25.2. The van der Waals surface area contributed by atoms with E-state index in [0.717, 1.165) is 25.7 Å². The lowest BCUT2D eigenvalue weighted by atomic mass is 9.85. The van der Waals surface area contributed by atoms with Crippen molar-refractivity contribution < 1.29 is 4.74 Å². The van der Waals surface area contributed by atoms with Gasteiger partial charge < -0.3 is 4.74 Å². The number of ether oxygens (including phenoxy) is 1. The van der Waals surface area contributed by atoms with Gasteiger partial charge in [-0.1, -0.05) is 73.7 Å². The summed E-state index contributed by atoms with van der Waals surface area (Å²) in [6.07, 6.45) is 7.83. The van der Waals surface area contributed by atoms with E-state index in [9.17, 15) is 0 Å². The number of hydrogen-bond donors (Lipinski definition) is 0. The van der Waals surface area contributed by atoms with Crippen molar-refractivity contribution in [2.45, 2.75) is 44.8 Å². The van der Waals surface area contributed by atoms with Gasteiger partial charge in [0.1, 0.15) is 0 Å². The summed E-state index contributed by atoms with van der Waals surface area (Å²) < 4.78 is 6.57. The third kappa shape index (κ3) is 4.80. The number of hydrogen-bond acceptors (Lipinski definition) is 2. The quantitative estimate of drug-likeness (QED) is 0.480. The Hall–Kier alpha value is -2.45.